The molecule has 0 N–H and O–H groups in total. The Balaban J connectivity index is 1.69. The van der Waals surface area contributed by atoms with Crippen molar-refractivity contribution in [1.82, 2.24) is 4.90 Å². The van der Waals surface area contributed by atoms with Crippen molar-refractivity contribution in [3.05, 3.63) is 12.3 Å². The highest BCUT2D eigenvalue weighted by molar-refractivity contribution is 5.71. The van der Waals surface area contributed by atoms with Crippen LogP contribution in [0.1, 0.15) is 96.8 Å². The third kappa shape index (κ3) is 11.8. The van der Waals surface area contributed by atoms with Crippen LogP contribution in [0, 0.1) is 0 Å². The van der Waals surface area contributed by atoms with E-state index < -0.39 is 0 Å². The summed E-state index contributed by atoms with van der Waals surface area (Å²) in [5.74, 6) is 0. The Morgan fingerprint density at radius 2 is 1.23 bits per heavy atom. The third-order valence-electron chi connectivity index (χ3n) is 4.55. The molecule has 0 aliphatic carbocycles. The Morgan fingerprint density at radius 1 is 0.727 bits per heavy atom. The minimum Gasteiger partial charge on any atom is -0.358 e. The zero-order valence-corrected chi connectivity index (χ0v) is 14.9. The van der Waals surface area contributed by atoms with Gasteiger partial charge in [-0.2, -0.15) is 0 Å². The number of unbranched alkanes of at least 4 members (excludes halogenated alkanes) is 13. The van der Waals surface area contributed by atoms with Crippen molar-refractivity contribution in [2.45, 2.75) is 96.8 Å². The molecule has 22 heavy (non-hydrogen) atoms. The van der Waals surface area contributed by atoms with Crippen LogP contribution in [0.2, 0.25) is 0 Å². The van der Waals surface area contributed by atoms with E-state index in [1.807, 2.05) is 12.3 Å². The van der Waals surface area contributed by atoms with Crippen molar-refractivity contribution >= 4 is 6.21 Å². The summed E-state index contributed by atoms with van der Waals surface area (Å²) in [5.41, 5.74) is 0. The minimum atomic E-state index is 0.856. The molecule has 0 aromatic carbocycles. The van der Waals surface area contributed by atoms with E-state index in [-0.39, 0.29) is 0 Å². The van der Waals surface area contributed by atoms with Crippen LogP contribution in [0.4, 0.5) is 0 Å². The van der Waals surface area contributed by atoms with Gasteiger partial charge in [0.15, 0.2) is 0 Å². The standard InChI is InChI=1S/C20H38N2/c1-2-3-4-5-6-7-8-9-10-11-12-13-14-15-18-22-19-16-17-21-20-22/h16-17,19H,2-15,18,20H2,1H3. The molecule has 0 aromatic rings. The van der Waals surface area contributed by atoms with Crippen LogP contribution in [0.15, 0.2) is 17.3 Å². The maximum absolute atomic E-state index is 4.26. The van der Waals surface area contributed by atoms with Crippen LogP contribution in [0.3, 0.4) is 0 Å². The van der Waals surface area contributed by atoms with Gasteiger partial charge in [-0.25, -0.2) is 0 Å². The van der Waals surface area contributed by atoms with Gasteiger partial charge in [0.2, 0.25) is 0 Å². The second-order valence-electron chi connectivity index (χ2n) is 6.72. The summed E-state index contributed by atoms with van der Waals surface area (Å²) in [6, 6.07) is 0. The van der Waals surface area contributed by atoms with Gasteiger partial charge in [0.05, 0.1) is 0 Å². The Kier molecular flexibility index (Phi) is 13.2. The maximum atomic E-state index is 4.26. The molecule has 2 heteroatoms. The van der Waals surface area contributed by atoms with Gasteiger partial charge in [-0.3, -0.25) is 4.99 Å². The van der Waals surface area contributed by atoms with Gasteiger partial charge in [-0.15, -0.1) is 0 Å². The summed E-state index contributed by atoms with van der Waals surface area (Å²) in [5, 5.41) is 0. The number of hydrogen-bond donors (Lipinski definition) is 0. The third-order valence-corrected chi connectivity index (χ3v) is 4.55. The summed E-state index contributed by atoms with van der Waals surface area (Å²) in [4.78, 5) is 6.56. The van der Waals surface area contributed by atoms with Gasteiger partial charge in [0, 0.05) is 19.0 Å². The topological polar surface area (TPSA) is 15.6 Å². The Morgan fingerprint density at radius 3 is 1.68 bits per heavy atom. The smallest absolute Gasteiger partial charge is 0.109 e. The zero-order valence-electron chi connectivity index (χ0n) is 14.9. The SMILES string of the molecule is CCCCCCCCCCCCCCCCN1C=CC=NC1. The molecule has 0 spiro atoms. The van der Waals surface area contributed by atoms with E-state index >= 15 is 0 Å². The molecule has 1 rings (SSSR count). The molecule has 0 unspecified atom stereocenters. The van der Waals surface area contributed by atoms with E-state index in [2.05, 4.69) is 23.0 Å². The summed E-state index contributed by atoms with van der Waals surface area (Å²) in [6.07, 6.45) is 26.1. The van der Waals surface area contributed by atoms with Crippen molar-refractivity contribution in [1.29, 1.82) is 0 Å². The second-order valence-corrected chi connectivity index (χ2v) is 6.72. The normalized spacial score (nSPS) is 14.0. The van der Waals surface area contributed by atoms with Crippen molar-refractivity contribution in [2.75, 3.05) is 13.2 Å². The summed E-state index contributed by atoms with van der Waals surface area (Å²) >= 11 is 0. The van der Waals surface area contributed by atoms with Crippen molar-refractivity contribution in [3.63, 3.8) is 0 Å². The average Bonchev–Trinajstić information content (AvgIpc) is 2.56. The Labute approximate surface area is 139 Å². The van der Waals surface area contributed by atoms with E-state index in [1.165, 1.54) is 96.4 Å². The highest BCUT2D eigenvalue weighted by Gasteiger charge is 1.99. The molecule has 1 aliphatic rings. The van der Waals surface area contributed by atoms with Gasteiger partial charge in [0.25, 0.3) is 0 Å². The molecule has 1 heterocycles. The number of nitrogens with zero attached hydrogens (tertiary/aromatic N) is 2. The van der Waals surface area contributed by atoms with Crippen molar-refractivity contribution in [2.24, 2.45) is 4.99 Å². The van der Waals surface area contributed by atoms with E-state index in [9.17, 15) is 0 Å². The Hall–Kier alpha value is -0.790. The lowest BCUT2D eigenvalue weighted by atomic mass is 10.0. The van der Waals surface area contributed by atoms with E-state index in [1.54, 1.807) is 0 Å². The monoisotopic (exact) mass is 306 g/mol. The van der Waals surface area contributed by atoms with Gasteiger partial charge in [-0.05, 0) is 12.5 Å². The van der Waals surface area contributed by atoms with Crippen molar-refractivity contribution in [3.8, 4) is 0 Å². The lowest BCUT2D eigenvalue weighted by Crippen LogP contribution is -2.20. The summed E-state index contributed by atoms with van der Waals surface area (Å²) in [7, 11) is 0. The first kappa shape index (κ1) is 19.3. The molecular weight excluding hydrogens is 268 g/mol. The van der Waals surface area contributed by atoms with Crippen LogP contribution in [-0.4, -0.2) is 24.3 Å². The van der Waals surface area contributed by atoms with Crippen LogP contribution < -0.4 is 0 Å². The van der Waals surface area contributed by atoms with Crippen LogP contribution in [0.25, 0.3) is 0 Å². The lowest BCUT2D eigenvalue weighted by molar-refractivity contribution is 0.370. The number of hydrogen-bond acceptors (Lipinski definition) is 2. The quantitative estimate of drug-likeness (QED) is 0.323. The fourth-order valence-electron chi connectivity index (χ4n) is 3.07. The first-order chi connectivity index (χ1) is 10.9. The molecule has 2 nitrogen and oxygen atoms in total. The molecule has 0 bridgehead atoms. The fourth-order valence-corrected chi connectivity index (χ4v) is 3.07. The first-order valence-corrected chi connectivity index (χ1v) is 9.84. The number of aliphatic imine (C=N–C) groups is 1. The van der Waals surface area contributed by atoms with Gasteiger partial charge in [0.1, 0.15) is 6.67 Å². The molecule has 0 saturated heterocycles. The molecule has 0 amide bonds. The largest absolute Gasteiger partial charge is 0.358 e. The van der Waals surface area contributed by atoms with E-state index in [0.717, 1.165) is 6.67 Å². The van der Waals surface area contributed by atoms with E-state index in [0.29, 0.717) is 0 Å². The van der Waals surface area contributed by atoms with Crippen LogP contribution in [0.5, 0.6) is 0 Å². The lowest BCUT2D eigenvalue weighted by Gasteiger charge is -2.19. The molecule has 1 aliphatic heterocycles. The molecular formula is C20H38N2. The summed E-state index contributed by atoms with van der Waals surface area (Å²) < 4.78 is 0. The molecule has 0 saturated carbocycles. The van der Waals surface area contributed by atoms with Gasteiger partial charge >= 0.3 is 0 Å². The van der Waals surface area contributed by atoms with Crippen LogP contribution >= 0.6 is 0 Å². The maximum Gasteiger partial charge on any atom is 0.109 e. The van der Waals surface area contributed by atoms with Crippen LogP contribution in [-0.2, 0) is 0 Å². The average molecular weight is 307 g/mol. The fraction of sp³-hybridized carbons (Fsp3) is 0.850. The van der Waals surface area contributed by atoms with Gasteiger partial charge < -0.3 is 4.90 Å². The van der Waals surface area contributed by atoms with Gasteiger partial charge in [-0.1, -0.05) is 90.4 Å². The van der Waals surface area contributed by atoms with E-state index in [4.69, 9.17) is 0 Å². The number of rotatable bonds is 15. The minimum absolute atomic E-state index is 0.856. The molecule has 0 fully saturated rings. The number of allylic oxidation sites excluding steroid dienone is 1. The summed E-state index contributed by atoms with van der Waals surface area (Å²) in [6.45, 7) is 4.32. The molecule has 0 aromatic heterocycles. The van der Waals surface area contributed by atoms with Crippen molar-refractivity contribution < 1.29 is 0 Å². The Bertz CT molecular complexity index is 283. The molecule has 128 valence electrons. The first-order valence-electron chi connectivity index (χ1n) is 9.84. The predicted molar refractivity (Wildman–Crippen MR) is 99.5 cm³/mol. The molecule has 0 atom stereocenters. The second kappa shape index (κ2) is 15.1. The highest BCUT2D eigenvalue weighted by atomic mass is 15.2. The molecule has 0 radical (unpaired) electrons. The highest BCUT2D eigenvalue weighted by Crippen LogP contribution is 2.13. The zero-order chi connectivity index (χ0) is 15.7. The predicted octanol–water partition coefficient (Wildman–Crippen LogP) is 6.33.